The monoisotopic (exact) mass is 296 g/mol. The fourth-order valence-corrected chi connectivity index (χ4v) is 3.59. The molecule has 120 valence electrons. The Morgan fingerprint density at radius 1 is 1.33 bits per heavy atom. The lowest BCUT2D eigenvalue weighted by Crippen LogP contribution is -2.40. The average molecular weight is 296 g/mol. The maximum atomic E-state index is 12.3. The fourth-order valence-electron chi connectivity index (χ4n) is 3.59. The van der Waals surface area contributed by atoms with Gasteiger partial charge in [0.25, 0.3) is 0 Å². The maximum Gasteiger partial charge on any atom is 0.311 e. The first-order valence-electron chi connectivity index (χ1n) is 8.17. The van der Waals surface area contributed by atoms with E-state index in [9.17, 15) is 14.7 Å². The Hall–Kier alpha value is -1.10. The van der Waals surface area contributed by atoms with E-state index in [-0.39, 0.29) is 11.8 Å². The van der Waals surface area contributed by atoms with Gasteiger partial charge in [-0.25, -0.2) is 0 Å². The van der Waals surface area contributed by atoms with E-state index < -0.39 is 11.4 Å². The largest absolute Gasteiger partial charge is 0.481 e. The number of piperidine rings is 1. The van der Waals surface area contributed by atoms with E-state index in [2.05, 4.69) is 5.32 Å². The van der Waals surface area contributed by atoms with Crippen LogP contribution in [0.25, 0.3) is 0 Å². The van der Waals surface area contributed by atoms with Crippen LogP contribution in [-0.4, -0.2) is 48.1 Å². The second-order valence-electron chi connectivity index (χ2n) is 6.91. The van der Waals surface area contributed by atoms with E-state index in [1.807, 2.05) is 13.8 Å². The number of amides is 1. The van der Waals surface area contributed by atoms with Gasteiger partial charge in [-0.1, -0.05) is 13.8 Å². The average Bonchev–Trinajstić information content (AvgIpc) is 2.92. The Balaban J connectivity index is 1.85. The minimum absolute atomic E-state index is 0.0530. The number of carboxylic acids is 1. The molecular weight excluding hydrogens is 268 g/mol. The zero-order chi connectivity index (χ0) is 15.5. The van der Waals surface area contributed by atoms with Crippen molar-refractivity contribution < 1.29 is 14.7 Å². The summed E-state index contributed by atoms with van der Waals surface area (Å²) in [6.07, 6.45) is 4.40. The first kappa shape index (κ1) is 16.3. The van der Waals surface area contributed by atoms with Gasteiger partial charge in [-0.05, 0) is 50.6 Å². The lowest BCUT2D eigenvalue weighted by Gasteiger charge is -2.29. The molecule has 5 heteroatoms. The third-order valence-corrected chi connectivity index (χ3v) is 5.41. The van der Waals surface area contributed by atoms with Gasteiger partial charge >= 0.3 is 5.97 Å². The molecule has 5 nitrogen and oxygen atoms in total. The molecule has 2 aliphatic rings. The van der Waals surface area contributed by atoms with Crippen LogP contribution in [0, 0.1) is 17.3 Å². The van der Waals surface area contributed by atoms with Gasteiger partial charge in [-0.3, -0.25) is 9.59 Å². The SMILES string of the molecule is CC(C)C1(C(=O)O)CCN(C(=O)CCC2CCNCC2)C1. The van der Waals surface area contributed by atoms with Crippen LogP contribution < -0.4 is 5.32 Å². The number of carbonyl (C=O) groups is 2. The van der Waals surface area contributed by atoms with Crippen LogP contribution in [0.5, 0.6) is 0 Å². The summed E-state index contributed by atoms with van der Waals surface area (Å²) in [7, 11) is 0. The molecule has 0 aromatic rings. The van der Waals surface area contributed by atoms with Crippen molar-refractivity contribution in [2.75, 3.05) is 26.2 Å². The third kappa shape index (κ3) is 3.57. The van der Waals surface area contributed by atoms with Crippen molar-refractivity contribution in [2.24, 2.45) is 17.3 Å². The number of aliphatic carboxylic acids is 1. The zero-order valence-corrected chi connectivity index (χ0v) is 13.2. The summed E-state index contributed by atoms with van der Waals surface area (Å²) in [6, 6.07) is 0. The van der Waals surface area contributed by atoms with Gasteiger partial charge in [-0.15, -0.1) is 0 Å². The van der Waals surface area contributed by atoms with E-state index in [0.717, 1.165) is 32.4 Å². The second-order valence-corrected chi connectivity index (χ2v) is 6.91. The van der Waals surface area contributed by atoms with E-state index in [0.29, 0.717) is 31.8 Å². The van der Waals surface area contributed by atoms with Crippen LogP contribution in [0.3, 0.4) is 0 Å². The Kier molecular flexibility index (Phi) is 5.25. The molecule has 2 heterocycles. The molecule has 0 aliphatic carbocycles. The first-order chi connectivity index (χ1) is 9.95. The summed E-state index contributed by atoms with van der Waals surface area (Å²) in [5, 5.41) is 12.9. The van der Waals surface area contributed by atoms with Gasteiger partial charge in [-0.2, -0.15) is 0 Å². The Morgan fingerprint density at radius 2 is 2.00 bits per heavy atom. The molecular formula is C16H28N2O3. The summed E-state index contributed by atoms with van der Waals surface area (Å²) in [6.45, 7) is 6.96. The van der Waals surface area contributed by atoms with E-state index >= 15 is 0 Å². The quantitative estimate of drug-likeness (QED) is 0.810. The molecule has 2 aliphatic heterocycles. The van der Waals surface area contributed by atoms with Crippen LogP contribution in [0.2, 0.25) is 0 Å². The van der Waals surface area contributed by atoms with E-state index in [4.69, 9.17) is 0 Å². The molecule has 0 radical (unpaired) electrons. The van der Waals surface area contributed by atoms with E-state index in [1.54, 1.807) is 4.90 Å². The molecule has 0 bridgehead atoms. The molecule has 2 N–H and O–H groups in total. The molecule has 1 unspecified atom stereocenters. The maximum absolute atomic E-state index is 12.3. The highest BCUT2D eigenvalue weighted by molar-refractivity contribution is 5.80. The summed E-state index contributed by atoms with van der Waals surface area (Å²) in [5.41, 5.74) is -0.746. The number of likely N-dealkylation sites (tertiary alicyclic amines) is 1. The number of hydrogen-bond acceptors (Lipinski definition) is 3. The first-order valence-corrected chi connectivity index (χ1v) is 8.17. The second kappa shape index (κ2) is 6.77. The van der Waals surface area contributed by atoms with Crippen molar-refractivity contribution in [2.45, 2.75) is 46.0 Å². The number of carboxylic acid groups (broad SMARTS) is 1. The van der Waals surface area contributed by atoms with Gasteiger partial charge in [0.05, 0.1) is 5.41 Å². The summed E-state index contributed by atoms with van der Waals surface area (Å²) >= 11 is 0. The number of nitrogens with zero attached hydrogens (tertiary/aromatic N) is 1. The van der Waals surface area contributed by atoms with Gasteiger partial charge in [0, 0.05) is 19.5 Å². The summed E-state index contributed by atoms with van der Waals surface area (Å²) in [5.74, 6) is 0.0767. The number of rotatable bonds is 5. The van der Waals surface area contributed by atoms with Crippen LogP contribution in [0.15, 0.2) is 0 Å². The van der Waals surface area contributed by atoms with Gasteiger partial charge in [0.2, 0.25) is 5.91 Å². The minimum Gasteiger partial charge on any atom is -0.481 e. The highest BCUT2D eigenvalue weighted by Crippen LogP contribution is 2.38. The van der Waals surface area contributed by atoms with Crippen LogP contribution in [0.1, 0.15) is 46.0 Å². The lowest BCUT2D eigenvalue weighted by atomic mass is 9.76. The van der Waals surface area contributed by atoms with Gasteiger partial charge < -0.3 is 15.3 Å². The number of carbonyl (C=O) groups excluding carboxylic acids is 1. The highest BCUT2D eigenvalue weighted by atomic mass is 16.4. The van der Waals surface area contributed by atoms with Crippen molar-refractivity contribution in [1.82, 2.24) is 10.2 Å². The van der Waals surface area contributed by atoms with Crippen molar-refractivity contribution in [1.29, 1.82) is 0 Å². The smallest absolute Gasteiger partial charge is 0.311 e. The standard InChI is InChI=1S/C16H28N2O3/c1-12(2)16(15(20)21)7-10-18(11-16)14(19)4-3-13-5-8-17-9-6-13/h12-13,17H,3-11H2,1-2H3,(H,20,21). The Labute approximate surface area is 127 Å². The lowest BCUT2D eigenvalue weighted by molar-refractivity contribution is -0.151. The summed E-state index contributed by atoms with van der Waals surface area (Å²) in [4.78, 5) is 25.7. The van der Waals surface area contributed by atoms with Crippen molar-refractivity contribution >= 4 is 11.9 Å². The molecule has 0 aromatic heterocycles. The molecule has 2 saturated heterocycles. The number of hydrogen-bond donors (Lipinski definition) is 2. The predicted molar refractivity (Wildman–Crippen MR) is 80.9 cm³/mol. The highest BCUT2D eigenvalue weighted by Gasteiger charge is 2.48. The molecule has 2 fully saturated rings. The Morgan fingerprint density at radius 3 is 2.52 bits per heavy atom. The van der Waals surface area contributed by atoms with Crippen molar-refractivity contribution in [3.05, 3.63) is 0 Å². The predicted octanol–water partition coefficient (Wildman–Crippen LogP) is 1.73. The third-order valence-electron chi connectivity index (χ3n) is 5.41. The van der Waals surface area contributed by atoms with Crippen molar-refractivity contribution in [3.63, 3.8) is 0 Å². The fraction of sp³-hybridized carbons (Fsp3) is 0.875. The molecule has 0 saturated carbocycles. The number of nitrogens with one attached hydrogen (secondary N) is 1. The molecule has 21 heavy (non-hydrogen) atoms. The topological polar surface area (TPSA) is 69.6 Å². The normalized spacial score (nSPS) is 27.3. The van der Waals surface area contributed by atoms with Gasteiger partial charge in [0.1, 0.15) is 0 Å². The van der Waals surface area contributed by atoms with Crippen LogP contribution in [-0.2, 0) is 9.59 Å². The summed E-state index contributed by atoms with van der Waals surface area (Å²) < 4.78 is 0. The molecule has 2 rings (SSSR count). The van der Waals surface area contributed by atoms with Crippen LogP contribution in [0.4, 0.5) is 0 Å². The van der Waals surface area contributed by atoms with E-state index in [1.165, 1.54) is 0 Å². The Bertz CT molecular complexity index is 391. The molecule has 1 atom stereocenters. The molecule has 1 amide bonds. The van der Waals surface area contributed by atoms with Crippen molar-refractivity contribution in [3.8, 4) is 0 Å². The van der Waals surface area contributed by atoms with Gasteiger partial charge in [0.15, 0.2) is 0 Å². The van der Waals surface area contributed by atoms with Crippen LogP contribution >= 0.6 is 0 Å². The minimum atomic E-state index is -0.758. The molecule has 0 spiro atoms. The molecule has 0 aromatic carbocycles. The zero-order valence-electron chi connectivity index (χ0n) is 13.2.